The van der Waals surface area contributed by atoms with Crippen molar-refractivity contribution in [2.45, 2.75) is 37.7 Å². The number of hydrogen-bond acceptors (Lipinski definition) is 2. The van der Waals surface area contributed by atoms with Crippen LogP contribution in [0, 0.1) is 0 Å². The van der Waals surface area contributed by atoms with Gasteiger partial charge in [-0.25, -0.2) is 0 Å². The lowest BCUT2D eigenvalue weighted by atomic mass is 9.95. The Morgan fingerprint density at radius 2 is 2.06 bits per heavy atom. The van der Waals surface area contributed by atoms with E-state index in [1.165, 1.54) is 5.56 Å². The molecule has 0 heterocycles. The highest BCUT2D eigenvalue weighted by atomic mass is 35.5. The van der Waals surface area contributed by atoms with E-state index >= 15 is 0 Å². The van der Waals surface area contributed by atoms with Gasteiger partial charge >= 0.3 is 0 Å². The molecule has 1 aliphatic rings. The Balaban J connectivity index is 2.07. The van der Waals surface area contributed by atoms with Gasteiger partial charge in [0.1, 0.15) is 6.10 Å². The normalized spacial score (nSPS) is 23.7. The molecular formula is C13H17ClO2. The van der Waals surface area contributed by atoms with E-state index in [0.29, 0.717) is 0 Å². The molecule has 1 aliphatic carbocycles. The molecule has 1 saturated carbocycles. The van der Waals surface area contributed by atoms with E-state index in [0.717, 1.165) is 30.8 Å². The maximum atomic E-state index is 5.92. The lowest BCUT2D eigenvalue weighted by molar-refractivity contribution is 0.119. The van der Waals surface area contributed by atoms with Crippen LogP contribution in [0.3, 0.4) is 0 Å². The molecule has 0 aromatic heterocycles. The predicted molar refractivity (Wildman–Crippen MR) is 65.7 cm³/mol. The summed E-state index contributed by atoms with van der Waals surface area (Å²) in [4.78, 5) is 0. The van der Waals surface area contributed by atoms with E-state index < -0.39 is 0 Å². The summed E-state index contributed by atoms with van der Waals surface area (Å²) >= 11 is 5.92. The van der Waals surface area contributed by atoms with Crippen LogP contribution in [0.4, 0.5) is 0 Å². The van der Waals surface area contributed by atoms with Crippen LogP contribution in [0.25, 0.3) is 0 Å². The molecule has 2 rings (SSSR count). The minimum Gasteiger partial charge on any atom is -0.493 e. The average molecular weight is 241 g/mol. The second-order valence-electron chi connectivity index (χ2n) is 4.15. The molecule has 3 heteroatoms. The van der Waals surface area contributed by atoms with Crippen molar-refractivity contribution in [3.8, 4) is 11.5 Å². The quantitative estimate of drug-likeness (QED) is 0.751. The van der Waals surface area contributed by atoms with Crippen LogP contribution < -0.4 is 9.47 Å². The summed E-state index contributed by atoms with van der Waals surface area (Å²) in [6.45, 7) is 2.12. The predicted octanol–water partition coefficient (Wildman–Crippen LogP) is 3.41. The molecule has 0 amide bonds. The fraction of sp³-hybridized carbons (Fsp3) is 0.538. The van der Waals surface area contributed by atoms with E-state index in [1.54, 1.807) is 7.11 Å². The SMILES string of the molecule is CCc1ccc(OC2CC(Cl)C2)c(OC)c1. The van der Waals surface area contributed by atoms with E-state index in [9.17, 15) is 0 Å². The number of methoxy groups -OCH3 is 1. The molecule has 0 atom stereocenters. The smallest absolute Gasteiger partial charge is 0.161 e. The highest BCUT2D eigenvalue weighted by molar-refractivity contribution is 6.21. The molecule has 0 unspecified atom stereocenters. The molecule has 0 saturated heterocycles. The van der Waals surface area contributed by atoms with Gasteiger partial charge < -0.3 is 9.47 Å². The lowest BCUT2D eigenvalue weighted by Gasteiger charge is -2.31. The van der Waals surface area contributed by atoms with Crippen LogP contribution in [0.15, 0.2) is 18.2 Å². The fourth-order valence-corrected chi connectivity index (χ4v) is 2.20. The second kappa shape index (κ2) is 4.96. The zero-order valence-corrected chi connectivity index (χ0v) is 10.5. The molecule has 0 spiro atoms. The Morgan fingerprint density at radius 3 is 2.62 bits per heavy atom. The fourth-order valence-electron chi connectivity index (χ4n) is 1.81. The van der Waals surface area contributed by atoms with Crippen LogP contribution in [0.1, 0.15) is 25.3 Å². The molecule has 0 aliphatic heterocycles. The largest absolute Gasteiger partial charge is 0.493 e. The summed E-state index contributed by atoms with van der Waals surface area (Å²) in [5.41, 5.74) is 1.26. The maximum Gasteiger partial charge on any atom is 0.161 e. The molecule has 1 fully saturated rings. The van der Waals surface area contributed by atoms with E-state index in [-0.39, 0.29) is 11.5 Å². The Hall–Kier alpha value is -0.890. The summed E-state index contributed by atoms with van der Waals surface area (Å²) < 4.78 is 11.2. The topological polar surface area (TPSA) is 18.5 Å². The van der Waals surface area contributed by atoms with Gasteiger partial charge in [-0.1, -0.05) is 13.0 Å². The van der Waals surface area contributed by atoms with Crippen molar-refractivity contribution in [3.05, 3.63) is 23.8 Å². The van der Waals surface area contributed by atoms with Crippen LogP contribution in [-0.4, -0.2) is 18.6 Å². The Morgan fingerprint density at radius 1 is 1.31 bits per heavy atom. The zero-order valence-electron chi connectivity index (χ0n) is 9.70. The molecule has 1 aromatic rings. The first-order valence-corrected chi connectivity index (χ1v) is 6.14. The van der Waals surface area contributed by atoms with Crippen LogP contribution >= 0.6 is 11.6 Å². The van der Waals surface area contributed by atoms with Crippen molar-refractivity contribution in [1.82, 2.24) is 0 Å². The standard InChI is InChI=1S/C13H17ClO2/c1-3-9-4-5-12(13(6-9)15-2)16-11-7-10(14)8-11/h4-6,10-11H,3,7-8H2,1-2H3. The van der Waals surface area contributed by atoms with Gasteiger partial charge in [0, 0.05) is 18.2 Å². The lowest BCUT2D eigenvalue weighted by Crippen LogP contribution is -2.34. The first-order chi connectivity index (χ1) is 7.72. The van der Waals surface area contributed by atoms with E-state index in [1.807, 2.05) is 12.1 Å². The van der Waals surface area contributed by atoms with Crippen molar-refractivity contribution in [2.24, 2.45) is 0 Å². The highest BCUT2D eigenvalue weighted by Gasteiger charge is 2.29. The van der Waals surface area contributed by atoms with E-state index in [4.69, 9.17) is 21.1 Å². The third-order valence-electron chi connectivity index (χ3n) is 2.97. The monoisotopic (exact) mass is 240 g/mol. The van der Waals surface area contributed by atoms with Gasteiger partial charge in [-0.15, -0.1) is 11.6 Å². The molecule has 0 radical (unpaired) electrons. The maximum absolute atomic E-state index is 5.92. The molecule has 0 bridgehead atoms. The Labute approximate surface area is 102 Å². The van der Waals surface area contributed by atoms with Crippen molar-refractivity contribution in [1.29, 1.82) is 0 Å². The third kappa shape index (κ3) is 2.43. The summed E-state index contributed by atoms with van der Waals surface area (Å²) in [5.74, 6) is 1.64. The molecular weight excluding hydrogens is 224 g/mol. The first kappa shape index (κ1) is 11.6. The van der Waals surface area contributed by atoms with Crippen molar-refractivity contribution in [3.63, 3.8) is 0 Å². The summed E-state index contributed by atoms with van der Waals surface area (Å²) in [5, 5.41) is 0.283. The molecule has 0 N–H and O–H groups in total. The van der Waals surface area contributed by atoms with Crippen LogP contribution in [-0.2, 0) is 6.42 Å². The number of alkyl halides is 1. The second-order valence-corrected chi connectivity index (χ2v) is 4.76. The molecule has 1 aromatic carbocycles. The average Bonchev–Trinajstić information content (AvgIpc) is 2.27. The summed E-state index contributed by atoms with van der Waals surface area (Å²) in [6, 6.07) is 6.10. The highest BCUT2D eigenvalue weighted by Crippen LogP contribution is 2.34. The van der Waals surface area contributed by atoms with Crippen molar-refractivity contribution < 1.29 is 9.47 Å². The van der Waals surface area contributed by atoms with Crippen LogP contribution in [0.2, 0.25) is 0 Å². The minimum absolute atomic E-state index is 0.254. The number of hydrogen-bond donors (Lipinski definition) is 0. The number of halogens is 1. The van der Waals surface area contributed by atoms with Gasteiger partial charge in [0.15, 0.2) is 11.5 Å². The molecule has 2 nitrogen and oxygen atoms in total. The number of benzene rings is 1. The van der Waals surface area contributed by atoms with Gasteiger partial charge in [0.2, 0.25) is 0 Å². The van der Waals surface area contributed by atoms with Gasteiger partial charge in [0.25, 0.3) is 0 Å². The van der Waals surface area contributed by atoms with E-state index in [2.05, 4.69) is 13.0 Å². The van der Waals surface area contributed by atoms with Gasteiger partial charge in [-0.3, -0.25) is 0 Å². The Bertz CT molecular complexity index is 359. The number of ether oxygens (including phenoxy) is 2. The molecule has 88 valence electrons. The third-order valence-corrected chi connectivity index (χ3v) is 3.32. The summed E-state index contributed by atoms with van der Waals surface area (Å²) in [7, 11) is 1.67. The Kier molecular flexibility index (Phi) is 3.59. The van der Waals surface area contributed by atoms with Gasteiger partial charge in [0.05, 0.1) is 7.11 Å². The number of rotatable bonds is 4. The van der Waals surface area contributed by atoms with Gasteiger partial charge in [-0.2, -0.15) is 0 Å². The summed E-state index contributed by atoms with van der Waals surface area (Å²) in [6.07, 6.45) is 3.12. The zero-order chi connectivity index (χ0) is 11.5. The molecule has 16 heavy (non-hydrogen) atoms. The minimum atomic E-state index is 0.254. The number of aryl methyl sites for hydroxylation is 1. The first-order valence-electron chi connectivity index (χ1n) is 5.70. The van der Waals surface area contributed by atoms with Crippen LogP contribution in [0.5, 0.6) is 11.5 Å². The van der Waals surface area contributed by atoms with Crippen molar-refractivity contribution >= 4 is 11.6 Å². The van der Waals surface area contributed by atoms with Gasteiger partial charge in [-0.05, 0) is 24.1 Å². The van der Waals surface area contributed by atoms with Crippen molar-refractivity contribution in [2.75, 3.05) is 7.11 Å².